The van der Waals surface area contributed by atoms with E-state index < -0.39 is 0 Å². The number of ether oxygens (including phenoxy) is 1. The van der Waals surface area contributed by atoms with Crippen molar-refractivity contribution in [3.8, 4) is 5.75 Å². The number of nitrogens with zero attached hydrogens (tertiary/aromatic N) is 1. The molecule has 0 aliphatic carbocycles. The number of carbonyl (C=O) groups excluding carboxylic acids is 1. The molecule has 1 rings (SSSR count). The number of hydrogen-bond acceptors (Lipinski definition) is 3. The van der Waals surface area contributed by atoms with E-state index in [9.17, 15) is 4.79 Å². The van der Waals surface area contributed by atoms with Gasteiger partial charge in [-0.15, -0.1) is 0 Å². The lowest BCUT2D eigenvalue weighted by molar-refractivity contribution is -0.127. The lowest BCUT2D eigenvalue weighted by atomic mass is 10.1. The Bertz CT molecular complexity index is 399. The summed E-state index contributed by atoms with van der Waals surface area (Å²) in [5.41, 5.74) is 1.15. The SMILES string of the molecule is CC(C)CCOc1ccc(CNCC(=O)N(C)C)cc1. The van der Waals surface area contributed by atoms with Crippen molar-refractivity contribution in [2.75, 3.05) is 27.2 Å². The van der Waals surface area contributed by atoms with Gasteiger partial charge in [-0.2, -0.15) is 0 Å². The summed E-state index contributed by atoms with van der Waals surface area (Å²) >= 11 is 0. The van der Waals surface area contributed by atoms with Crippen LogP contribution in [-0.4, -0.2) is 38.1 Å². The van der Waals surface area contributed by atoms with Gasteiger partial charge >= 0.3 is 0 Å². The minimum absolute atomic E-state index is 0.0821. The Labute approximate surface area is 122 Å². The Hall–Kier alpha value is -1.55. The van der Waals surface area contributed by atoms with Crippen molar-refractivity contribution in [1.82, 2.24) is 10.2 Å². The standard InChI is InChI=1S/C16H26N2O2/c1-13(2)9-10-20-15-7-5-14(6-8-15)11-17-12-16(19)18(3)4/h5-8,13,17H,9-12H2,1-4H3. The zero-order valence-electron chi connectivity index (χ0n) is 13.0. The van der Waals surface area contributed by atoms with E-state index in [2.05, 4.69) is 19.2 Å². The van der Waals surface area contributed by atoms with Gasteiger partial charge < -0.3 is 15.0 Å². The second kappa shape index (κ2) is 8.59. The van der Waals surface area contributed by atoms with Gasteiger partial charge in [-0.3, -0.25) is 4.79 Å². The first-order valence-electron chi connectivity index (χ1n) is 7.11. The van der Waals surface area contributed by atoms with Gasteiger partial charge in [-0.1, -0.05) is 26.0 Å². The number of likely N-dealkylation sites (N-methyl/N-ethyl adjacent to an activating group) is 1. The maximum Gasteiger partial charge on any atom is 0.236 e. The normalized spacial score (nSPS) is 10.7. The third kappa shape index (κ3) is 6.57. The number of carbonyl (C=O) groups is 1. The second-order valence-corrected chi connectivity index (χ2v) is 5.57. The first-order chi connectivity index (χ1) is 9.49. The number of rotatable bonds is 8. The molecule has 0 atom stereocenters. The topological polar surface area (TPSA) is 41.6 Å². The summed E-state index contributed by atoms with van der Waals surface area (Å²) in [6.07, 6.45) is 1.07. The van der Waals surface area contributed by atoms with Crippen LogP contribution in [0.1, 0.15) is 25.8 Å². The molecule has 0 heterocycles. The molecule has 0 unspecified atom stereocenters. The molecule has 4 heteroatoms. The molecule has 0 saturated carbocycles. The average Bonchev–Trinajstić information content (AvgIpc) is 2.40. The summed E-state index contributed by atoms with van der Waals surface area (Å²) in [5.74, 6) is 1.64. The van der Waals surface area contributed by atoms with Gasteiger partial charge in [-0.25, -0.2) is 0 Å². The minimum Gasteiger partial charge on any atom is -0.494 e. The van der Waals surface area contributed by atoms with E-state index in [1.807, 2.05) is 24.3 Å². The van der Waals surface area contributed by atoms with Crippen LogP contribution in [0.2, 0.25) is 0 Å². The Kier molecular flexibility index (Phi) is 7.09. The maximum absolute atomic E-state index is 11.4. The second-order valence-electron chi connectivity index (χ2n) is 5.57. The van der Waals surface area contributed by atoms with E-state index in [1.54, 1.807) is 19.0 Å². The van der Waals surface area contributed by atoms with Crippen molar-refractivity contribution < 1.29 is 9.53 Å². The highest BCUT2D eigenvalue weighted by Gasteiger charge is 2.03. The molecule has 0 spiro atoms. The summed E-state index contributed by atoms with van der Waals surface area (Å²) in [7, 11) is 3.51. The number of nitrogens with one attached hydrogen (secondary N) is 1. The maximum atomic E-state index is 11.4. The fourth-order valence-electron chi connectivity index (χ4n) is 1.59. The highest BCUT2D eigenvalue weighted by atomic mass is 16.5. The van der Waals surface area contributed by atoms with Gasteiger partial charge in [0.2, 0.25) is 5.91 Å². The molecule has 0 saturated heterocycles. The fourth-order valence-corrected chi connectivity index (χ4v) is 1.59. The van der Waals surface area contributed by atoms with Gasteiger partial charge in [0.15, 0.2) is 0 Å². The van der Waals surface area contributed by atoms with Gasteiger partial charge in [-0.05, 0) is 30.0 Å². The van der Waals surface area contributed by atoms with Gasteiger partial charge in [0, 0.05) is 20.6 Å². The van der Waals surface area contributed by atoms with Crippen LogP contribution in [0.25, 0.3) is 0 Å². The summed E-state index contributed by atoms with van der Waals surface area (Å²) in [6.45, 7) is 6.18. The summed E-state index contributed by atoms with van der Waals surface area (Å²) in [4.78, 5) is 13.0. The minimum atomic E-state index is 0.0821. The van der Waals surface area contributed by atoms with Crippen molar-refractivity contribution in [3.05, 3.63) is 29.8 Å². The summed E-state index contributed by atoms with van der Waals surface area (Å²) < 4.78 is 5.66. The third-order valence-electron chi connectivity index (χ3n) is 2.99. The first kappa shape index (κ1) is 16.5. The molecule has 20 heavy (non-hydrogen) atoms. The Morgan fingerprint density at radius 2 is 1.90 bits per heavy atom. The number of amides is 1. The molecule has 1 aromatic rings. The highest BCUT2D eigenvalue weighted by molar-refractivity contribution is 5.77. The molecule has 4 nitrogen and oxygen atoms in total. The fraction of sp³-hybridized carbons (Fsp3) is 0.562. The van der Waals surface area contributed by atoms with Gasteiger partial charge in [0.1, 0.15) is 5.75 Å². The van der Waals surface area contributed by atoms with Crippen molar-refractivity contribution >= 4 is 5.91 Å². The summed E-state index contributed by atoms with van der Waals surface area (Å²) in [5, 5.41) is 3.13. The molecule has 0 fully saturated rings. The Balaban J connectivity index is 2.30. The van der Waals surface area contributed by atoms with Crippen molar-refractivity contribution in [2.45, 2.75) is 26.8 Å². The number of hydrogen-bond donors (Lipinski definition) is 1. The van der Waals surface area contributed by atoms with Crippen LogP contribution in [0.15, 0.2) is 24.3 Å². The molecular formula is C16H26N2O2. The molecule has 1 amide bonds. The molecule has 1 aromatic carbocycles. The van der Waals surface area contributed by atoms with Crippen LogP contribution in [0.3, 0.4) is 0 Å². The van der Waals surface area contributed by atoms with E-state index >= 15 is 0 Å². The van der Waals surface area contributed by atoms with E-state index in [0.717, 1.165) is 24.3 Å². The van der Waals surface area contributed by atoms with Crippen molar-refractivity contribution in [3.63, 3.8) is 0 Å². The number of benzene rings is 1. The van der Waals surface area contributed by atoms with Crippen LogP contribution >= 0.6 is 0 Å². The molecule has 0 aliphatic heterocycles. The zero-order chi connectivity index (χ0) is 15.0. The smallest absolute Gasteiger partial charge is 0.236 e. The quantitative estimate of drug-likeness (QED) is 0.793. The Morgan fingerprint density at radius 1 is 1.25 bits per heavy atom. The largest absolute Gasteiger partial charge is 0.494 e. The lowest BCUT2D eigenvalue weighted by Gasteiger charge is -2.11. The van der Waals surface area contributed by atoms with Gasteiger partial charge in [0.25, 0.3) is 0 Å². The summed E-state index contributed by atoms with van der Waals surface area (Å²) in [6, 6.07) is 8.01. The van der Waals surface area contributed by atoms with E-state index in [1.165, 1.54) is 0 Å². The zero-order valence-corrected chi connectivity index (χ0v) is 13.0. The molecule has 0 aromatic heterocycles. The lowest BCUT2D eigenvalue weighted by Crippen LogP contribution is -2.32. The molecule has 1 N–H and O–H groups in total. The van der Waals surface area contributed by atoms with Crippen molar-refractivity contribution in [2.24, 2.45) is 5.92 Å². The average molecular weight is 278 g/mol. The first-order valence-corrected chi connectivity index (χ1v) is 7.11. The van der Waals surface area contributed by atoms with E-state index in [-0.39, 0.29) is 5.91 Å². The third-order valence-corrected chi connectivity index (χ3v) is 2.99. The monoisotopic (exact) mass is 278 g/mol. The predicted octanol–water partition coefficient (Wildman–Crippen LogP) is 2.29. The molecule has 0 bridgehead atoms. The van der Waals surface area contributed by atoms with Crippen molar-refractivity contribution in [1.29, 1.82) is 0 Å². The molecule has 0 radical (unpaired) electrons. The molecule has 0 aliphatic rings. The van der Waals surface area contributed by atoms with Crippen LogP contribution < -0.4 is 10.1 Å². The molecule has 112 valence electrons. The Morgan fingerprint density at radius 3 is 2.45 bits per heavy atom. The van der Waals surface area contributed by atoms with Crippen LogP contribution in [-0.2, 0) is 11.3 Å². The highest BCUT2D eigenvalue weighted by Crippen LogP contribution is 2.13. The van der Waals surface area contributed by atoms with Gasteiger partial charge in [0.05, 0.1) is 13.2 Å². The van der Waals surface area contributed by atoms with Crippen LogP contribution in [0.5, 0.6) is 5.75 Å². The van der Waals surface area contributed by atoms with Crippen LogP contribution in [0, 0.1) is 5.92 Å². The van der Waals surface area contributed by atoms with E-state index in [0.29, 0.717) is 19.0 Å². The van der Waals surface area contributed by atoms with Crippen LogP contribution in [0.4, 0.5) is 0 Å². The molecular weight excluding hydrogens is 252 g/mol. The predicted molar refractivity (Wildman–Crippen MR) is 81.8 cm³/mol. The van der Waals surface area contributed by atoms with E-state index in [4.69, 9.17) is 4.74 Å².